The van der Waals surface area contributed by atoms with E-state index in [0.29, 0.717) is 11.5 Å². The van der Waals surface area contributed by atoms with Crippen molar-refractivity contribution < 1.29 is 4.79 Å². The monoisotopic (exact) mass is 341 g/mol. The number of pyridine rings is 1. The van der Waals surface area contributed by atoms with Gasteiger partial charge in [-0.1, -0.05) is 0 Å². The molecule has 8 nitrogen and oxygen atoms in total. The van der Waals surface area contributed by atoms with E-state index in [1.807, 2.05) is 16.8 Å². The molecule has 1 amide bonds. The zero-order valence-corrected chi connectivity index (χ0v) is 14.2. The summed E-state index contributed by atoms with van der Waals surface area (Å²) in [5.41, 5.74) is 8.49. The van der Waals surface area contributed by atoms with Gasteiger partial charge in [-0.2, -0.15) is 5.10 Å². The Hall–Kier alpha value is -2.61. The number of anilines is 3. The lowest BCUT2D eigenvalue weighted by atomic mass is 10.1. The number of nitrogens with two attached hydrogens (primary N) is 1. The Morgan fingerprint density at radius 1 is 1.20 bits per heavy atom. The molecule has 132 valence electrons. The number of fused-ring (bicyclic) bond motifs is 1. The zero-order valence-electron chi connectivity index (χ0n) is 14.2. The standard InChI is InChI=1S/C17H23N7O/c18-17(25)16-14(8-12(11-20-16)23-5-2-1-3-6-23)21-15-9-13-10-19-4-7-24(13)22-15/h8-9,11,19H,1-7,10H2,(H2,18,25)(H,21,22). The Bertz CT molecular complexity index is 756. The summed E-state index contributed by atoms with van der Waals surface area (Å²) in [6.45, 7) is 4.57. The fourth-order valence-electron chi connectivity index (χ4n) is 3.46. The number of primary amides is 1. The number of piperidine rings is 1. The molecule has 0 atom stereocenters. The van der Waals surface area contributed by atoms with Crippen LogP contribution in [0.4, 0.5) is 17.2 Å². The second-order valence-electron chi connectivity index (χ2n) is 6.55. The van der Waals surface area contributed by atoms with Crippen molar-refractivity contribution in [2.24, 2.45) is 5.73 Å². The number of carbonyl (C=O) groups excluding carboxylic acids is 1. The van der Waals surface area contributed by atoms with Gasteiger partial charge in [0.15, 0.2) is 11.5 Å². The van der Waals surface area contributed by atoms with Gasteiger partial charge in [0.2, 0.25) is 0 Å². The quantitative estimate of drug-likeness (QED) is 0.773. The zero-order chi connectivity index (χ0) is 17.2. The van der Waals surface area contributed by atoms with Crippen molar-refractivity contribution in [3.63, 3.8) is 0 Å². The van der Waals surface area contributed by atoms with Crippen molar-refractivity contribution in [2.75, 3.05) is 29.9 Å². The average molecular weight is 341 g/mol. The molecule has 1 saturated heterocycles. The molecule has 2 aliphatic heterocycles. The number of nitrogens with one attached hydrogen (secondary N) is 2. The lowest BCUT2D eigenvalue weighted by Crippen LogP contribution is -2.29. The smallest absolute Gasteiger partial charge is 0.269 e. The molecule has 2 aliphatic rings. The molecule has 8 heteroatoms. The van der Waals surface area contributed by atoms with E-state index in [1.54, 1.807) is 6.20 Å². The summed E-state index contributed by atoms with van der Waals surface area (Å²) >= 11 is 0. The second kappa shape index (κ2) is 6.72. The van der Waals surface area contributed by atoms with Crippen molar-refractivity contribution in [1.29, 1.82) is 0 Å². The van der Waals surface area contributed by atoms with Gasteiger partial charge >= 0.3 is 0 Å². The summed E-state index contributed by atoms with van der Waals surface area (Å²) in [5.74, 6) is 0.164. The first-order chi connectivity index (χ1) is 12.2. The molecule has 0 bridgehead atoms. The molecule has 4 rings (SSSR count). The number of hydrogen-bond donors (Lipinski definition) is 3. The molecular formula is C17H23N7O. The van der Waals surface area contributed by atoms with E-state index in [0.717, 1.165) is 44.1 Å². The van der Waals surface area contributed by atoms with Crippen LogP contribution in [0.1, 0.15) is 35.4 Å². The summed E-state index contributed by atoms with van der Waals surface area (Å²) < 4.78 is 1.98. The number of aromatic nitrogens is 3. The molecule has 0 saturated carbocycles. The van der Waals surface area contributed by atoms with Gasteiger partial charge in [-0.15, -0.1) is 0 Å². The number of amides is 1. The largest absolute Gasteiger partial charge is 0.370 e. The van der Waals surface area contributed by atoms with Crippen molar-refractivity contribution in [1.82, 2.24) is 20.1 Å². The van der Waals surface area contributed by atoms with Crippen molar-refractivity contribution >= 4 is 23.1 Å². The lowest BCUT2D eigenvalue weighted by molar-refractivity contribution is 0.0996. The molecule has 0 aromatic carbocycles. The van der Waals surface area contributed by atoms with Crippen molar-refractivity contribution in [3.8, 4) is 0 Å². The lowest BCUT2D eigenvalue weighted by Gasteiger charge is -2.29. The highest BCUT2D eigenvalue weighted by atomic mass is 16.1. The van der Waals surface area contributed by atoms with Crippen LogP contribution in [0.15, 0.2) is 18.3 Å². The van der Waals surface area contributed by atoms with Gasteiger partial charge in [-0.05, 0) is 25.3 Å². The molecule has 2 aromatic rings. The van der Waals surface area contributed by atoms with Gasteiger partial charge in [0.25, 0.3) is 5.91 Å². The van der Waals surface area contributed by atoms with Gasteiger partial charge in [0, 0.05) is 32.2 Å². The Labute approximate surface area is 146 Å². The number of nitrogens with zero attached hydrogens (tertiary/aromatic N) is 4. The number of carbonyl (C=O) groups is 1. The minimum Gasteiger partial charge on any atom is -0.370 e. The molecule has 0 aliphatic carbocycles. The van der Waals surface area contributed by atoms with Crippen LogP contribution in [0.2, 0.25) is 0 Å². The Kier molecular flexibility index (Phi) is 4.27. The first kappa shape index (κ1) is 15.9. The maximum absolute atomic E-state index is 11.8. The third-order valence-corrected chi connectivity index (χ3v) is 4.76. The van der Waals surface area contributed by atoms with Crippen LogP contribution in [0.5, 0.6) is 0 Å². The fraction of sp³-hybridized carbons (Fsp3) is 0.471. The molecule has 2 aromatic heterocycles. The average Bonchev–Trinajstić information content (AvgIpc) is 3.04. The molecule has 1 fully saturated rings. The van der Waals surface area contributed by atoms with E-state index >= 15 is 0 Å². The SMILES string of the molecule is NC(=O)c1ncc(N2CCCCC2)cc1Nc1cc2n(n1)CCNC2. The summed E-state index contributed by atoms with van der Waals surface area (Å²) in [4.78, 5) is 18.4. The first-order valence-electron chi connectivity index (χ1n) is 8.80. The molecular weight excluding hydrogens is 318 g/mol. The number of rotatable bonds is 4. The van der Waals surface area contributed by atoms with Crippen LogP contribution < -0.4 is 21.3 Å². The van der Waals surface area contributed by atoms with Gasteiger partial charge in [-0.3, -0.25) is 9.48 Å². The van der Waals surface area contributed by atoms with E-state index in [1.165, 1.54) is 19.3 Å². The first-order valence-corrected chi connectivity index (χ1v) is 8.80. The van der Waals surface area contributed by atoms with E-state index in [9.17, 15) is 4.79 Å². The Balaban J connectivity index is 1.63. The van der Waals surface area contributed by atoms with E-state index in [4.69, 9.17) is 5.73 Å². The van der Waals surface area contributed by atoms with Crippen LogP contribution in [0, 0.1) is 0 Å². The molecule has 0 unspecified atom stereocenters. The maximum Gasteiger partial charge on any atom is 0.269 e. The van der Waals surface area contributed by atoms with Gasteiger partial charge in [-0.25, -0.2) is 4.98 Å². The predicted molar refractivity (Wildman–Crippen MR) is 96.0 cm³/mol. The molecule has 4 heterocycles. The minimum atomic E-state index is -0.543. The molecule has 4 N–H and O–H groups in total. The van der Waals surface area contributed by atoms with Crippen LogP contribution in [-0.4, -0.2) is 40.3 Å². The Morgan fingerprint density at radius 3 is 2.80 bits per heavy atom. The van der Waals surface area contributed by atoms with Crippen molar-refractivity contribution in [3.05, 3.63) is 29.7 Å². The third-order valence-electron chi connectivity index (χ3n) is 4.76. The topological polar surface area (TPSA) is 101 Å². The number of hydrogen-bond acceptors (Lipinski definition) is 6. The Morgan fingerprint density at radius 2 is 2.04 bits per heavy atom. The third kappa shape index (κ3) is 3.30. The summed E-state index contributed by atoms with van der Waals surface area (Å²) in [7, 11) is 0. The summed E-state index contributed by atoms with van der Waals surface area (Å²) in [5, 5.41) is 11.1. The van der Waals surface area contributed by atoms with E-state index < -0.39 is 5.91 Å². The van der Waals surface area contributed by atoms with Gasteiger partial charge < -0.3 is 21.3 Å². The van der Waals surface area contributed by atoms with Crippen LogP contribution >= 0.6 is 0 Å². The fourth-order valence-corrected chi connectivity index (χ4v) is 3.46. The minimum absolute atomic E-state index is 0.241. The summed E-state index contributed by atoms with van der Waals surface area (Å²) in [6.07, 6.45) is 5.36. The predicted octanol–water partition coefficient (Wildman–Crippen LogP) is 1.21. The molecule has 0 spiro atoms. The normalized spacial score (nSPS) is 17.2. The maximum atomic E-state index is 11.8. The van der Waals surface area contributed by atoms with Crippen LogP contribution in [0.25, 0.3) is 0 Å². The van der Waals surface area contributed by atoms with Gasteiger partial charge in [0.1, 0.15) is 0 Å². The highest BCUT2D eigenvalue weighted by molar-refractivity contribution is 5.97. The highest BCUT2D eigenvalue weighted by Gasteiger charge is 2.18. The molecule has 25 heavy (non-hydrogen) atoms. The molecule has 0 radical (unpaired) electrons. The second-order valence-corrected chi connectivity index (χ2v) is 6.55. The summed E-state index contributed by atoms with van der Waals surface area (Å²) in [6, 6.07) is 3.94. The van der Waals surface area contributed by atoms with Gasteiger partial charge in [0.05, 0.1) is 29.8 Å². The van der Waals surface area contributed by atoms with Crippen molar-refractivity contribution in [2.45, 2.75) is 32.4 Å². The highest BCUT2D eigenvalue weighted by Crippen LogP contribution is 2.27. The van der Waals surface area contributed by atoms with Crippen LogP contribution in [-0.2, 0) is 13.1 Å². The van der Waals surface area contributed by atoms with E-state index in [2.05, 4.69) is 25.6 Å². The van der Waals surface area contributed by atoms with E-state index in [-0.39, 0.29) is 5.69 Å². The van der Waals surface area contributed by atoms with Crippen LogP contribution in [0.3, 0.4) is 0 Å².